The van der Waals surface area contributed by atoms with Crippen LogP contribution in [0.3, 0.4) is 0 Å². The molecule has 1 aromatic heterocycles. The Morgan fingerprint density at radius 3 is 2.52 bits per heavy atom. The van der Waals surface area contributed by atoms with E-state index in [1.54, 1.807) is 35.1 Å². The molecule has 7 heteroatoms. The molecule has 0 aliphatic carbocycles. The molecule has 108 valence electrons. The second-order valence-electron chi connectivity index (χ2n) is 4.58. The number of nitrogen functional groups attached to an aromatic ring is 1. The largest absolute Gasteiger partial charge is 0.399 e. The number of nitrogens with zero attached hydrogens (tertiary/aromatic N) is 2. The number of hydrogen-bond donors (Lipinski definition) is 2. The lowest BCUT2D eigenvalue weighted by molar-refractivity contribution is 0.588. The van der Waals surface area contributed by atoms with Crippen LogP contribution in [0.2, 0.25) is 0 Å². The Labute approximate surface area is 122 Å². The maximum atomic E-state index is 11.7. The Balaban J connectivity index is 2.09. The number of benzene rings is 2. The van der Waals surface area contributed by atoms with Crippen molar-refractivity contribution < 1.29 is 8.42 Å². The van der Waals surface area contributed by atoms with E-state index in [2.05, 4.69) is 9.82 Å². The van der Waals surface area contributed by atoms with Crippen LogP contribution in [-0.2, 0) is 10.0 Å². The van der Waals surface area contributed by atoms with E-state index < -0.39 is 10.0 Å². The van der Waals surface area contributed by atoms with Gasteiger partial charge in [-0.1, -0.05) is 0 Å². The molecule has 3 N–H and O–H groups in total. The summed E-state index contributed by atoms with van der Waals surface area (Å²) in [4.78, 5) is 0.213. The monoisotopic (exact) mass is 302 g/mol. The normalized spacial score (nSPS) is 11.9. The van der Waals surface area contributed by atoms with E-state index in [0.717, 1.165) is 16.6 Å². The number of fused-ring (bicyclic) bond motifs is 1. The van der Waals surface area contributed by atoms with Crippen molar-refractivity contribution in [3.63, 3.8) is 0 Å². The average Bonchev–Trinajstić information content (AvgIpc) is 2.90. The number of hydrogen-bond acceptors (Lipinski definition) is 4. The van der Waals surface area contributed by atoms with Gasteiger partial charge in [0.25, 0.3) is 0 Å². The van der Waals surface area contributed by atoms with Crippen LogP contribution in [0.1, 0.15) is 0 Å². The predicted octanol–water partition coefficient (Wildman–Crippen LogP) is 1.52. The summed E-state index contributed by atoms with van der Waals surface area (Å²) >= 11 is 0. The summed E-state index contributed by atoms with van der Waals surface area (Å²) in [6, 6.07) is 12.0. The van der Waals surface area contributed by atoms with Crippen molar-refractivity contribution in [3.05, 3.63) is 48.7 Å². The maximum Gasteiger partial charge on any atom is 0.240 e. The Morgan fingerprint density at radius 2 is 1.86 bits per heavy atom. The maximum absolute atomic E-state index is 11.7. The average molecular weight is 302 g/mol. The number of nitrogens with one attached hydrogen (secondary N) is 1. The van der Waals surface area contributed by atoms with Crippen molar-refractivity contribution in [3.8, 4) is 5.69 Å². The molecular formula is C14H14N4O2S. The highest BCUT2D eigenvalue weighted by Gasteiger charge is 2.11. The fourth-order valence-electron chi connectivity index (χ4n) is 2.13. The molecular weight excluding hydrogens is 288 g/mol. The molecule has 0 amide bonds. The minimum atomic E-state index is -3.43. The first kappa shape index (κ1) is 13.6. The van der Waals surface area contributed by atoms with Crippen molar-refractivity contribution in [2.75, 3.05) is 12.8 Å². The summed E-state index contributed by atoms with van der Waals surface area (Å²) in [7, 11) is -2.05. The first-order chi connectivity index (χ1) is 10.0. The van der Waals surface area contributed by atoms with Gasteiger partial charge in [-0.25, -0.2) is 17.8 Å². The lowest BCUT2D eigenvalue weighted by Crippen LogP contribution is -2.18. The molecule has 3 rings (SSSR count). The smallest absolute Gasteiger partial charge is 0.240 e. The molecule has 0 fully saturated rings. The molecule has 0 unspecified atom stereocenters. The fourth-order valence-corrected chi connectivity index (χ4v) is 2.86. The van der Waals surface area contributed by atoms with Crippen LogP contribution in [0.25, 0.3) is 16.6 Å². The van der Waals surface area contributed by atoms with E-state index in [0.29, 0.717) is 5.69 Å². The van der Waals surface area contributed by atoms with Crippen LogP contribution >= 0.6 is 0 Å². The molecule has 6 nitrogen and oxygen atoms in total. The number of anilines is 1. The van der Waals surface area contributed by atoms with Crippen molar-refractivity contribution in [1.29, 1.82) is 0 Å². The molecule has 2 aromatic carbocycles. The van der Waals surface area contributed by atoms with E-state index in [1.807, 2.05) is 18.2 Å². The second-order valence-corrected chi connectivity index (χ2v) is 6.46. The lowest BCUT2D eigenvalue weighted by atomic mass is 10.2. The highest BCUT2D eigenvalue weighted by Crippen LogP contribution is 2.21. The molecule has 0 saturated heterocycles. The quantitative estimate of drug-likeness (QED) is 0.718. The first-order valence-electron chi connectivity index (χ1n) is 6.28. The zero-order valence-corrected chi connectivity index (χ0v) is 12.1. The Hall–Kier alpha value is -2.38. The summed E-state index contributed by atoms with van der Waals surface area (Å²) in [6.45, 7) is 0. The van der Waals surface area contributed by atoms with Crippen molar-refractivity contribution in [2.45, 2.75) is 4.90 Å². The number of rotatable bonds is 3. The highest BCUT2D eigenvalue weighted by atomic mass is 32.2. The van der Waals surface area contributed by atoms with Gasteiger partial charge in [-0.05, 0) is 49.5 Å². The summed E-state index contributed by atoms with van der Waals surface area (Å²) in [5.41, 5.74) is 8.10. The zero-order chi connectivity index (χ0) is 15.0. The lowest BCUT2D eigenvalue weighted by Gasteiger charge is -2.06. The third-order valence-electron chi connectivity index (χ3n) is 3.26. The summed E-state index contributed by atoms with van der Waals surface area (Å²) in [6.07, 6.45) is 1.74. The first-order valence-corrected chi connectivity index (χ1v) is 7.77. The van der Waals surface area contributed by atoms with Crippen LogP contribution < -0.4 is 10.5 Å². The number of sulfonamides is 1. The summed E-state index contributed by atoms with van der Waals surface area (Å²) in [5.74, 6) is 0. The van der Waals surface area contributed by atoms with E-state index in [4.69, 9.17) is 5.73 Å². The summed E-state index contributed by atoms with van der Waals surface area (Å²) in [5, 5.41) is 5.28. The zero-order valence-electron chi connectivity index (χ0n) is 11.3. The van der Waals surface area contributed by atoms with E-state index >= 15 is 0 Å². The van der Waals surface area contributed by atoms with Crippen molar-refractivity contribution in [2.24, 2.45) is 0 Å². The molecule has 0 saturated carbocycles. The topological polar surface area (TPSA) is 90.0 Å². The SMILES string of the molecule is CNS(=O)(=O)c1ccc(-n2ncc3ccc(N)cc32)cc1. The van der Waals surface area contributed by atoms with Gasteiger partial charge in [0.15, 0.2) is 0 Å². The Kier molecular flexibility index (Phi) is 3.15. The van der Waals surface area contributed by atoms with Gasteiger partial charge in [0.05, 0.1) is 22.3 Å². The van der Waals surface area contributed by atoms with Crippen LogP contribution in [0, 0.1) is 0 Å². The van der Waals surface area contributed by atoms with E-state index in [9.17, 15) is 8.42 Å². The standard InChI is InChI=1S/C14H14N4O2S/c1-16-21(19,20)13-6-4-12(5-7-13)18-14-8-11(15)3-2-10(14)9-17-18/h2-9,16H,15H2,1H3. The fraction of sp³-hybridized carbons (Fsp3) is 0.0714. The third kappa shape index (κ3) is 2.37. The van der Waals surface area contributed by atoms with Gasteiger partial charge in [0, 0.05) is 11.1 Å². The van der Waals surface area contributed by atoms with Gasteiger partial charge in [-0.15, -0.1) is 0 Å². The van der Waals surface area contributed by atoms with E-state index in [1.165, 1.54) is 7.05 Å². The van der Waals surface area contributed by atoms with Crippen molar-refractivity contribution in [1.82, 2.24) is 14.5 Å². The molecule has 0 bridgehead atoms. The van der Waals surface area contributed by atoms with E-state index in [-0.39, 0.29) is 4.90 Å². The van der Waals surface area contributed by atoms with Gasteiger partial charge in [-0.2, -0.15) is 5.10 Å². The number of nitrogens with two attached hydrogens (primary N) is 1. The van der Waals surface area contributed by atoms with Crippen LogP contribution in [0.15, 0.2) is 53.6 Å². The highest BCUT2D eigenvalue weighted by molar-refractivity contribution is 7.89. The molecule has 3 aromatic rings. The third-order valence-corrected chi connectivity index (χ3v) is 4.69. The second kappa shape index (κ2) is 4.87. The number of aromatic nitrogens is 2. The van der Waals surface area contributed by atoms with Gasteiger partial charge < -0.3 is 5.73 Å². The van der Waals surface area contributed by atoms with Crippen LogP contribution in [0.5, 0.6) is 0 Å². The molecule has 0 aliphatic heterocycles. The minimum Gasteiger partial charge on any atom is -0.399 e. The van der Waals surface area contributed by atoms with Gasteiger partial charge in [0.1, 0.15) is 0 Å². The molecule has 1 heterocycles. The molecule has 0 aliphatic rings. The van der Waals surface area contributed by atoms with Gasteiger partial charge in [0.2, 0.25) is 10.0 Å². The molecule has 0 spiro atoms. The Bertz CT molecular complexity index is 898. The molecule has 21 heavy (non-hydrogen) atoms. The predicted molar refractivity (Wildman–Crippen MR) is 81.7 cm³/mol. The molecule has 0 radical (unpaired) electrons. The van der Waals surface area contributed by atoms with Gasteiger partial charge >= 0.3 is 0 Å². The van der Waals surface area contributed by atoms with Gasteiger partial charge in [-0.3, -0.25) is 0 Å². The summed E-state index contributed by atoms with van der Waals surface area (Å²) < 4.78 is 27.4. The van der Waals surface area contributed by atoms with Crippen LogP contribution in [0.4, 0.5) is 5.69 Å². The van der Waals surface area contributed by atoms with Crippen LogP contribution in [-0.4, -0.2) is 25.2 Å². The van der Waals surface area contributed by atoms with Crippen molar-refractivity contribution >= 4 is 26.6 Å². The minimum absolute atomic E-state index is 0.213. The molecule has 0 atom stereocenters. The Morgan fingerprint density at radius 1 is 1.14 bits per heavy atom.